The fraction of sp³-hybridized carbons (Fsp3) is 0.667. The summed E-state index contributed by atoms with van der Waals surface area (Å²) in [5, 5.41) is 9.16. The van der Waals surface area contributed by atoms with E-state index in [0.29, 0.717) is 9.94 Å². The van der Waals surface area contributed by atoms with E-state index in [9.17, 15) is 9.59 Å². The van der Waals surface area contributed by atoms with Crippen LogP contribution in [0.25, 0.3) is 0 Å². The predicted octanol–water partition coefficient (Wildman–Crippen LogP) is 3.22. The van der Waals surface area contributed by atoms with Gasteiger partial charge >= 0.3 is 12.2 Å². The van der Waals surface area contributed by atoms with Gasteiger partial charge in [0, 0.05) is 19.6 Å². The second-order valence-corrected chi connectivity index (χ2v) is 8.20. The summed E-state index contributed by atoms with van der Waals surface area (Å²) in [6.45, 7) is 6.23. The Hall–Kier alpha value is -0.760. The van der Waals surface area contributed by atoms with Crippen LogP contribution in [0.3, 0.4) is 0 Å². The van der Waals surface area contributed by atoms with Gasteiger partial charge in [-0.05, 0) is 58.7 Å². The molecule has 1 atom stereocenters. The molecule has 1 unspecified atom stereocenters. The molecular formula is C12H18Br2N2O4. The summed E-state index contributed by atoms with van der Waals surface area (Å²) < 4.78 is 5.95. The first-order chi connectivity index (χ1) is 9.10. The molecule has 0 aromatic carbocycles. The lowest BCUT2D eigenvalue weighted by Gasteiger charge is -2.39. The molecule has 1 fully saturated rings. The van der Waals surface area contributed by atoms with E-state index >= 15 is 0 Å². The third-order valence-corrected chi connectivity index (χ3v) is 3.16. The van der Waals surface area contributed by atoms with Gasteiger partial charge in [-0.25, -0.2) is 9.59 Å². The van der Waals surface area contributed by atoms with Crippen LogP contribution in [-0.4, -0.2) is 58.4 Å². The molecule has 0 aromatic rings. The number of carbonyl (C=O) groups is 2. The molecule has 1 aliphatic heterocycles. The highest BCUT2D eigenvalue weighted by atomic mass is 79.9. The van der Waals surface area contributed by atoms with Crippen molar-refractivity contribution in [3.8, 4) is 0 Å². The number of carbonyl (C=O) groups excluding carboxylic acids is 1. The number of halogens is 2. The van der Waals surface area contributed by atoms with Crippen LogP contribution < -0.4 is 0 Å². The summed E-state index contributed by atoms with van der Waals surface area (Å²) in [5.41, 5.74) is -0.567. The van der Waals surface area contributed by atoms with E-state index in [1.807, 2.05) is 0 Å². The van der Waals surface area contributed by atoms with Crippen LogP contribution in [0.2, 0.25) is 0 Å². The van der Waals surface area contributed by atoms with Gasteiger partial charge < -0.3 is 14.7 Å². The first-order valence-corrected chi connectivity index (χ1v) is 7.69. The Morgan fingerprint density at radius 2 is 1.90 bits per heavy atom. The van der Waals surface area contributed by atoms with Crippen molar-refractivity contribution in [3.63, 3.8) is 0 Å². The normalized spacial score (nSPS) is 19.6. The van der Waals surface area contributed by atoms with Gasteiger partial charge in [0.1, 0.15) is 5.60 Å². The predicted molar refractivity (Wildman–Crippen MR) is 82.3 cm³/mol. The van der Waals surface area contributed by atoms with E-state index in [0.717, 1.165) is 0 Å². The van der Waals surface area contributed by atoms with E-state index in [1.165, 1.54) is 9.80 Å². The molecule has 1 heterocycles. The Bertz CT molecular complexity index is 416. The molecule has 0 saturated carbocycles. The largest absolute Gasteiger partial charge is 0.465 e. The Morgan fingerprint density at radius 1 is 1.30 bits per heavy atom. The second kappa shape index (κ2) is 6.80. The first-order valence-electron chi connectivity index (χ1n) is 6.10. The molecule has 0 aliphatic carbocycles. The molecule has 1 aliphatic rings. The Kier molecular flexibility index (Phi) is 5.88. The van der Waals surface area contributed by atoms with Crippen molar-refractivity contribution >= 4 is 44.0 Å². The molecule has 0 radical (unpaired) electrons. The van der Waals surface area contributed by atoms with Crippen LogP contribution in [0.1, 0.15) is 20.8 Å². The van der Waals surface area contributed by atoms with Crippen molar-refractivity contribution < 1.29 is 19.4 Å². The van der Waals surface area contributed by atoms with Gasteiger partial charge in [-0.3, -0.25) is 4.90 Å². The quantitative estimate of drug-likeness (QED) is 0.716. The lowest BCUT2D eigenvalue weighted by atomic mass is 10.2. The minimum absolute atomic E-state index is 0.253. The highest BCUT2D eigenvalue weighted by molar-refractivity contribution is 9.28. The number of amides is 2. The number of hydrogen-bond donors (Lipinski definition) is 1. The minimum atomic E-state index is -1.00. The lowest BCUT2D eigenvalue weighted by molar-refractivity contribution is 0.00969. The van der Waals surface area contributed by atoms with Gasteiger partial charge in [-0.15, -0.1) is 0 Å². The molecular weight excluding hydrogens is 396 g/mol. The maximum Gasteiger partial charge on any atom is 0.410 e. The number of carboxylic acid groups (broad SMARTS) is 1. The van der Waals surface area contributed by atoms with Crippen LogP contribution in [0.15, 0.2) is 9.47 Å². The summed E-state index contributed by atoms with van der Waals surface area (Å²) in [5.74, 6) is 0. The number of nitrogens with zero attached hydrogens (tertiary/aromatic N) is 2. The monoisotopic (exact) mass is 412 g/mol. The van der Waals surface area contributed by atoms with Crippen molar-refractivity contribution in [2.75, 3.05) is 19.6 Å². The fourth-order valence-electron chi connectivity index (χ4n) is 1.83. The first kappa shape index (κ1) is 17.3. The van der Waals surface area contributed by atoms with Crippen LogP contribution in [0, 0.1) is 0 Å². The molecule has 0 spiro atoms. The molecule has 1 saturated heterocycles. The molecule has 0 aromatic heterocycles. The summed E-state index contributed by atoms with van der Waals surface area (Å²) >= 11 is 6.43. The molecule has 114 valence electrons. The maximum atomic E-state index is 12.0. The Balaban J connectivity index is 2.79. The highest BCUT2D eigenvalue weighted by Gasteiger charge is 2.33. The molecule has 1 N–H and O–H groups in total. The summed E-state index contributed by atoms with van der Waals surface area (Å²) in [4.78, 5) is 26.0. The summed E-state index contributed by atoms with van der Waals surface area (Å²) in [6, 6.07) is -0.414. The topological polar surface area (TPSA) is 70.1 Å². The van der Waals surface area contributed by atoms with Crippen LogP contribution in [-0.2, 0) is 4.74 Å². The Labute approximate surface area is 135 Å². The van der Waals surface area contributed by atoms with Crippen LogP contribution >= 0.6 is 31.9 Å². The third kappa shape index (κ3) is 5.32. The number of piperazine rings is 1. The van der Waals surface area contributed by atoms with E-state index in [2.05, 4.69) is 31.9 Å². The van der Waals surface area contributed by atoms with Gasteiger partial charge in [0.15, 0.2) is 0 Å². The van der Waals surface area contributed by atoms with Crippen molar-refractivity contribution in [1.29, 1.82) is 0 Å². The zero-order chi connectivity index (χ0) is 15.5. The average molecular weight is 414 g/mol. The van der Waals surface area contributed by atoms with Crippen molar-refractivity contribution in [1.82, 2.24) is 9.80 Å². The van der Waals surface area contributed by atoms with Gasteiger partial charge in [-0.2, -0.15) is 0 Å². The van der Waals surface area contributed by atoms with Crippen LogP contribution in [0.5, 0.6) is 0 Å². The second-order valence-electron chi connectivity index (χ2n) is 5.43. The smallest absolute Gasteiger partial charge is 0.410 e. The molecule has 8 heteroatoms. The van der Waals surface area contributed by atoms with E-state index < -0.39 is 23.8 Å². The Morgan fingerprint density at radius 3 is 2.35 bits per heavy atom. The van der Waals surface area contributed by atoms with Crippen molar-refractivity contribution in [2.24, 2.45) is 0 Å². The molecule has 6 nitrogen and oxygen atoms in total. The average Bonchev–Trinajstić information content (AvgIpc) is 2.25. The maximum absolute atomic E-state index is 12.0. The van der Waals surface area contributed by atoms with Gasteiger partial charge in [0.25, 0.3) is 0 Å². The van der Waals surface area contributed by atoms with E-state index in [4.69, 9.17) is 9.84 Å². The van der Waals surface area contributed by atoms with Gasteiger partial charge in [0.2, 0.25) is 0 Å². The fourth-order valence-corrected chi connectivity index (χ4v) is 2.44. The third-order valence-electron chi connectivity index (χ3n) is 2.63. The van der Waals surface area contributed by atoms with E-state index in [1.54, 1.807) is 26.8 Å². The highest BCUT2D eigenvalue weighted by Crippen LogP contribution is 2.20. The van der Waals surface area contributed by atoms with Gasteiger partial charge in [-0.1, -0.05) is 0 Å². The SMILES string of the molecule is CC(C)(C)OC(=O)N1CCN(C(=O)O)C(C=C(Br)Br)C1. The summed E-state index contributed by atoms with van der Waals surface area (Å²) in [7, 11) is 0. The molecule has 1 rings (SSSR count). The summed E-state index contributed by atoms with van der Waals surface area (Å²) in [6.07, 6.45) is 0.271. The minimum Gasteiger partial charge on any atom is -0.465 e. The van der Waals surface area contributed by atoms with Crippen LogP contribution in [0.4, 0.5) is 9.59 Å². The number of rotatable bonds is 1. The van der Waals surface area contributed by atoms with Crippen molar-refractivity contribution in [3.05, 3.63) is 9.47 Å². The van der Waals surface area contributed by atoms with Crippen molar-refractivity contribution in [2.45, 2.75) is 32.4 Å². The number of ether oxygens (including phenoxy) is 1. The molecule has 0 bridgehead atoms. The van der Waals surface area contributed by atoms with E-state index in [-0.39, 0.29) is 13.1 Å². The zero-order valence-corrected chi connectivity index (χ0v) is 14.8. The zero-order valence-electron chi connectivity index (χ0n) is 11.6. The lowest BCUT2D eigenvalue weighted by Crippen LogP contribution is -2.56. The number of hydrogen-bond acceptors (Lipinski definition) is 3. The standard InChI is InChI=1S/C12H18Br2N2O4/c1-12(2,3)20-11(19)15-4-5-16(10(17)18)8(7-15)6-9(13)14/h6,8H,4-5,7H2,1-3H3,(H,17,18). The molecule has 20 heavy (non-hydrogen) atoms. The van der Waals surface area contributed by atoms with Gasteiger partial charge in [0.05, 0.1) is 9.43 Å². The molecule has 2 amide bonds.